The topological polar surface area (TPSA) is 63.8 Å². The zero-order valence-electron chi connectivity index (χ0n) is 16.8. The largest absolute Gasteiger partial charge is 0.271 e. The maximum atomic E-state index is 5.97. The SMILES string of the molecule is Cc1ccc2nc(/C=C\c3ccc(Cl)cc3)nc(C3CCCC(NN)C3)c2c1.Cl.Cl. The van der Waals surface area contributed by atoms with Gasteiger partial charge in [-0.25, -0.2) is 9.97 Å². The number of aromatic nitrogens is 2. The van der Waals surface area contributed by atoms with Crippen LogP contribution in [0.1, 0.15) is 54.2 Å². The summed E-state index contributed by atoms with van der Waals surface area (Å²) in [5, 5.41) is 1.89. The second kappa shape index (κ2) is 11.1. The molecule has 3 N–H and O–H groups in total. The van der Waals surface area contributed by atoms with E-state index in [1.807, 2.05) is 36.4 Å². The number of nitrogens with two attached hydrogens (primary N) is 1. The van der Waals surface area contributed by atoms with Crippen LogP contribution in [0.15, 0.2) is 42.5 Å². The van der Waals surface area contributed by atoms with Crippen molar-refractivity contribution < 1.29 is 0 Å². The van der Waals surface area contributed by atoms with Gasteiger partial charge in [0.05, 0.1) is 11.2 Å². The molecule has 0 amide bonds. The molecule has 160 valence electrons. The fourth-order valence-electron chi connectivity index (χ4n) is 4.00. The van der Waals surface area contributed by atoms with Crippen molar-refractivity contribution in [1.82, 2.24) is 15.4 Å². The van der Waals surface area contributed by atoms with Gasteiger partial charge in [-0.1, -0.05) is 47.9 Å². The van der Waals surface area contributed by atoms with Crippen LogP contribution in [0.4, 0.5) is 0 Å². The number of hydrogen-bond donors (Lipinski definition) is 2. The summed E-state index contributed by atoms with van der Waals surface area (Å²) in [5.41, 5.74) is 7.40. The smallest absolute Gasteiger partial charge is 0.152 e. The van der Waals surface area contributed by atoms with E-state index in [0.717, 1.165) is 58.7 Å². The minimum Gasteiger partial charge on any atom is -0.271 e. The zero-order chi connectivity index (χ0) is 19.5. The average Bonchev–Trinajstić information content (AvgIpc) is 2.73. The molecule has 2 unspecified atom stereocenters. The summed E-state index contributed by atoms with van der Waals surface area (Å²) in [6.07, 6.45) is 8.44. The maximum Gasteiger partial charge on any atom is 0.152 e. The molecule has 1 fully saturated rings. The number of rotatable bonds is 4. The average molecular weight is 466 g/mol. The van der Waals surface area contributed by atoms with E-state index in [9.17, 15) is 0 Å². The lowest BCUT2D eigenvalue weighted by Gasteiger charge is -2.29. The van der Waals surface area contributed by atoms with Gasteiger partial charge in [-0.05, 0) is 62.1 Å². The van der Waals surface area contributed by atoms with Crippen LogP contribution >= 0.6 is 36.4 Å². The molecule has 2 atom stereocenters. The van der Waals surface area contributed by atoms with Crippen LogP contribution in [-0.4, -0.2) is 16.0 Å². The van der Waals surface area contributed by atoms with Crippen molar-refractivity contribution in [2.75, 3.05) is 0 Å². The summed E-state index contributed by atoms with van der Waals surface area (Å²) in [6.45, 7) is 2.11. The molecule has 7 heteroatoms. The Labute approximate surface area is 195 Å². The van der Waals surface area contributed by atoms with Gasteiger partial charge in [-0.15, -0.1) is 24.8 Å². The highest BCUT2D eigenvalue weighted by Crippen LogP contribution is 2.35. The van der Waals surface area contributed by atoms with E-state index >= 15 is 0 Å². The van der Waals surface area contributed by atoms with Crippen molar-refractivity contribution in [2.24, 2.45) is 5.84 Å². The standard InChI is InChI=1S/C23H25ClN4.2ClH/c1-15-5-11-21-20(13-15)23(17-3-2-4-19(14-17)28-25)27-22(26-21)12-8-16-6-9-18(24)10-7-16;;/h5-13,17,19,28H,2-4,14,25H2,1H3;2*1H/b12-8-;;. The predicted octanol–water partition coefficient (Wildman–Crippen LogP) is 6.10. The van der Waals surface area contributed by atoms with Crippen LogP contribution in [-0.2, 0) is 0 Å². The number of fused-ring (bicyclic) bond motifs is 1. The lowest BCUT2D eigenvalue weighted by atomic mass is 9.82. The number of hydrogen-bond acceptors (Lipinski definition) is 4. The summed E-state index contributed by atoms with van der Waals surface area (Å²) in [4.78, 5) is 9.75. The van der Waals surface area contributed by atoms with E-state index in [0.29, 0.717) is 12.0 Å². The number of benzene rings is 2. The first-order chi connectivity index (χ1) is 13.6. The van der Waals surface area contributed by atoms with Gasteiger partial charge in [0.25, 0.3) is 0 Å². The van der Waals surface area contributed by atoms with Crippen LogP contribution in [0, 0.1) is 6.92 Å². The molecule has 2 aromatic carbocycles. The van der Waals surface area contributed by atoms with Crippen molar-refractivity contribution >= 4 is 59.5 Å². The number of halogens is 3. The van der Waals surface area contributed by atoms with Crippen molar-refractivity contribution in [3.63, 3.8) is 0 Å². The number of aryl methyl sites for hydroxylation is 1. The molecular formula is C23H27Cl3N4. The third-order valence-electron chi connectivity index (χ3n) is 5.49. The fourth-order valence-corrected chi connectivity index (χ4v) is 4.13. The third kappa shape index (κ3) is 5.71. The molecule has 1 heterocycles. The van der Waals surface area contributed by atoms with E-state index in [-0.39, 0.29) is 24.8 Å². The molecule has 0 bridgehead atoms. The van der Waals surface area contributed by atoms with Gasteiger partial charge in [-0.3, -0.25) is 11.3 Å². The molecule has 0 saturated heterocycles. The van der Waals surface area contributed by atoms with Gasteiger partial charge < -0.3 is 0 Å². The first-order valence-corrected chi connectivity index (χ1v) is 10.2. The monoisotopic (exact) mass is 464 g/mol. The van der Waals surface area contributed by atoms with Crippen molar-refractivity contribution in [2.45, 2.75) is 44.6 Å². The Morgan fingerprint density at radius 2 is 1.80 bits per heavy atom. The summed E-state index contributed by atoms with van der Waals surface area (Å²) >= 11 is 5.97. The van der Waals surface area contributed by atoms with Crippen LogP contribution < -0.4 is 11.3 Å². The molecule has 4 nitrogen and oxygen atoms in total. The van der Waals surface area contributed by atoms with E-state index in [4.69, 9.17) is 27.4 Å². The van der Waals surface area contributed by atoms with Crippen molar-refractivity contribution in [3.05, 3.63) is 70.1 Å². The minimum absolute atomic E-state index is 0. The van der Waals surface area contributed by atoms with Gasteiger partial charge in [0, 0.05) is 22.4 Å². The highest BCUT2D eigenvalue weighted by molar-refractivity contribution is 6.30. The van der Waals surface area contributed by atoms with E-state index in [2.05, 4.69) is 30.5 Å². The Kier molecular flexibility index (Phi) is 9.08. The lowest BCUT2D eigenvalue weighted by Crippen LogP contribution is -2.38. The van der Waals surface area contributed by atoms with Gasteiger partial charge in [0.15, 0.2) is 5.82 Å². The fraction of sp³-hybridized carbons (Fsp3) is 0.304. The number of hydrazine groups is 1. The van der Waals surface area contributed by atoms with Gasteiger partial charge in [0.2, 0.25) is 0 Å². The van der Waals surface area contributed by atoms with E-state index in [1.165, 1.54) is 5.56 Å². The highest BCUT2D eigenvalue weighted by Gasteiger charge is 2.25. The third-order valence-corrected chi connectivity index (χ3v) is 5.74. The molecule has 0 spiro atoms. The second-order valence-corrected chi connectivity index (χ2v) is 8.04. The first-order valence-electron chi connectivity index (χ1n) is 9.80. The van der Waals surface area contributed by atoms with Gasteiger partial charge in [-0.2, -0.15) is 0 Å². The van der Waals surface area contributed by atoms with Gasteiger partial charge in [0.1, 0.15) is 0 Å². The second-order valence-electron chi connectivity index (χ2n) is 7.60. The highest BCUT2D eigenvalue weighted by atomic mass is 35.5. The number of nitrogens with zero attached hydrogens (tertiary/aromatic N) is 2. The predicted molar refractivity (Wildman–Crippen MR) is 131 cm³/mol. The summed E-state index contributed by atoms with van der Waals surface area (Å²) in [6, 6.07) is 14.5. The molecule has 0 aliphatic heterocycles. The van der Waals surface area contributed by atoms with E-state index < -0.39 is 0 Å². The maximum absolute atomic E-state index is 5.97. The molecule has 1 aliphatic rings. The molecule has 1 aliphatic carbocycles. The Balaban J connectivity index is 0.00000160. The van der Waals surface area contributed by atoms with Crippen molar-refractivity contribution in [3.8, 4) is 0 Å². The molecule has 0 radical (unpaired) electrons. The molecule has 30 heavy (non-hydrogen) atoms. The van der Waals surface area contributed by atoms with E-state index in [1.54, 1.807) is 0 Å². The van der Waals surface area contributed by atoms with Crippen LogP contribution in [0.5, 0.6) is 0 Å². The zero-order valence-corrected chi connectivity index (χ0v) is 19.2. The molecule has 1 aromatic heterocycles. The summed E-state index contributed by atoms with van der Waals surface area (Å²) < 4.78 is 0. The Morgan fingerprint density at radius 1 is 1.03 bits per heavy atom. The minimum atomic E-state index is 0. The number of nitrogens with one attached hydrogen (secondary N) is 1. The first kappa shape index (κ1) is 24.6. The van der Waals surface area contributed by atoms with Crippen LogP contribution in [0.25, 0.3) is 23.1 Å². The lowest BCUT2D eigenvalue weighted by molar-refractivity contribution is 0.341. The van der Waals surface area contributed by atoms with Crippen LogP contribution in [0.2, 0.25) is 5.02 Å². The molecule has 1 saturated carbocycles. The molecule has 4 rings (SSSR count). The summed E-state index contributed by atoms with van der Waals surface area (Å²) in [5.74, 6) is 6.86. The Bertz CT molecular complexity index is 1010. The molecular weight excluding hydrogens is 439 g/mol. The normalized spacial score (nSPS) is 18.8. The molecule has 3 aromatic rings. The van der Waals surface area contributed by atoms with Gasteiger partial charge >= 0.3 is 0 Å². The van der Waals surface area contributed by atoms with Crippen LogP contribution in [0.3, 0.4) is 0 Å². The van der Waals surface area contributed by atoms with Crippen molar-refractivity contribution in [1.29, 1.82) is 0 Å². The Morgan fingerprint density at radius 3 is 2.53 bits per heavy atom. The Hall–Kier alpha value is -1.69. The quantitative estimate of drug-likeness (QED) is 0.361. The summed E-state index contributed by atoms with van der Waals surface area (Å²) in [7, 11) is 0.